The maximum atomic E-state index is 7.78. The van der Waals surface area contributed by atoms with Gasteiger partial charge in [0.05, 0.1) is 23.9 Å². The van der Waals surface area contributed by atoms with Crippen LogP contribution < -0.4 is 0 Å². The molecule has 0 N–H and O–H groups in total. The molecule has 2 saturated heterocycles. The summed E-state index contributed by atoms with van der Waals surface area (Å²) < 4.78 is 29.4. The van der Waals surface area contributed by atoms with Gasteiger partial charge in [-0.2, -0.15) is 0 Å². The fourth-order valence-corrected chi connectivity index (χ4v) is 9.23. The van der Waals surface area contributed by atoms with Crippen LogP contribution >= 0.6 is 0 Å². The Morgan fingerprint density at radius 3 is 1.11 bits per heavy atom. The SMILES string of the molecule is CC(C)(C)CC1C(OC(C)(C)C)OC(C(C)(C)C)C(OC2OC(C(C)(C)C)C(C(C)(C)C)C(C(C)(C)C)C2C(C)(C)C)C1C(C)(C)C. The van der Waals surface area contributed by atoms with Crippen molar-refractivity contribution in [2.75, 3.05) is 0 Å². The van der Waals surface area contributed by atoms with Crippen molar-refractivity contribution in [1.82, 2.24) is 0 Å². The zero-order chi connectivity index (χ0) is 37.3. The van der Waals surface area contributed by atoms with Gasteiger partial charge in [0.1, 0.15) is 0 Å². The Kier molecular flexibility index (Phi) is 12.3. The molecular formula is C43H84O4. The molecule has 0 aliphatic carbocycles. The molecule has 280 valence electrons. The molecule has 2 fully saturated rings. The van der Waals surface area contributed by atoms with Crippen molar-refractivity contribution in [1.29, 1.82) is 0 Å². The molecule has 4 heteroatoms. The minimum atomic E-state index is -0.360. The molecule has 0 bridgehead atoms. The first-order valence-corrected chi connectivity index (χ1v) is 19.0. The van der Waals surface area contributed by atoms with E-state index in [4.69, 9.17) is 18.9 Å². The number of ether oxygens (including phenoxy) is 4. The van der Waals surface area contributed by atoms with E-state index in [1.54, 1.807) is 0 Å². The average molecular weight is 665 g/mol. The first-order chi connectivity index (χ1) is 20.4. The summed E-state index contributed by atoms with van der Waals surface area (Å²) in [6, 6.07) is 0. The highest BCUT2D eigenvalue weighted by Gasteiger charge is 2.62. The summed E-state index contributed by atoms with van der Waals surface area (Å²) in [6.07, 6.45) is 0.0276. The fraction of sp³-hybridized carbons (Fsp3) is 1.00. The highest BCUT2D eigenvalue weighted by atomic mass is 16.7. The highest BCUT2D eigenvalue weighted by molar-refractivity contribution is 5.06. The van der Waals surface area contributed by atoms with Crippen molar-refractivity contribution in [2.24, 2.45) is 67.5 Å². The van der Waals surface area contributed by atoms with Gasteiger partial charge >= 0.3 is 0 Å². The van der Waals surface area contributed by atoms with Crippen LogP contribution in [0.4, 0.5) is 0 Å². The summed E-state index contributed by atoms with van der Waals surface area (Å²) in [4.78, 5) is 0. The standard InChI is InChI=1S/C43H84O4/c1-36(2,3)25-26-27(37(4,5)6)31(33(42(19,20)21)46-34(26)47-43(22,23)24)44-35-30(40(13,14)15)28(38(7,8)9)29(39(10,11)12)32(45-35)41(16,17)18/h26-35H,25H2,1-24H3. The minimum absolute atomic E-state index is 0.0400. The Balaban J connectivity index is 2.93. The molecule has 2 heterocycles. The molecule has 0 aromatic rings. The molecule has 0 aromatic carbocycles. The normalized spacial score (nSPS) is 34.5. The van der Waals surface area contributed by atoms with Crippen LogP contribution in [0.1, 0.15) is 173 Å². The second kappa shape index (κ2) is 13.4. The van der Waals surface area contributed by atoms with Gasteiger partial charge in [-0.1, -0.05) is 145 Å². The van der Waals surface area contributed by atoms with Gasteiger partial charge in [-0.15, -0.1) is 0 Å². The second-order valence-corrected chi connectivity index (χ2v) is 24.4. The summed E-state index contributed by atoms with van der Waals surface area (Å²) >= 11 is 0. The average Bonchev–Trinajstić information content (AvgIpc) is 2.73. The zero-order valence-electron chi connectivity index (χ0n) is 36.1. The molecule has 0 radical (unpaired) electrons. The van der Waals surface area contributed by atoms with Crippen LogP contribution in [-0.4, -0.2) is 36.5 Å². The van der Waals surface area contributed by atoms with E-state index >= 15 is 0 Å². The van der Waals surface area contributed by atoms with Crippen molar-refractivity contribution in [3.8, 4) is 0 Å². The van der Waals surface area contributed by atoms with Gasteiger partial charge in [0.25, 0.3) is 0 Å². The van der Waals surface area contributed by atoms with E-state index < -0.39 is 0 Å². The van der Waals surface area contributed by atoms with E-state index in [2.05, 4.69) is 166 Å². The van der Waals surface area contributed by atoms with Crippen molar-refractivity contribution >= 4 is 0 Å². The van der Waals surface area contributed by atoms with Crippen LogP contribution in [0.15, 0.2) is 0 Å². The van der Waals surface area contributed by atoms with Crippen molar-refractivity contribution in [3.63, 3.8) is 0 Å². The van der Waals surface area contributed by atoms with Gasteiger partial charge in [-0.3, -0.25) is 0 Å². The molecule has 0 spiro atoms. The number of hydrogen-bond donors (Lipinski definition) is 0. The lowest BCUT2D eigenvalue weighted by Gasteiger charge is -2.62. The predicted octanol–water partition coefficient (Wildman–Crippen LogP) is 12.4. The van der Waals surface area contributed by atoms with E-state index in [1.807, 2.05) is 0 Å². The summed E-state index contributed by atoms with van der Waals surface area (Å²) in [6.45, 7) is 56.5. The van der Waals surface area contributed by atoms with Gasteiger partial charge in [0, 0.05) is 17.8 Å². The molecular weight excluding hydrogens is 580 g/mol. The Hall–Kier alpha value is -0.160. The van der Waals surface area contributed by atoms with Crippen LogP contribution in [-0.2, 0) is 18.9 Å². The lowest BCUT2D eigenvalue weighted by Crippen LogP contribution is -2.66. The molecule has 2 aliphatic heterocycles. The smallest absolute Gasteiger partial charge is 0.162 e. The fourth-order valence-electron chi connectivity index (χ4n) is 9.23. The van der Waals surface area contributed by atoms with Gasteiger partial charge in [0.15, 0.2) is 12.6 Å². The number of rotatable bonds is 4. The van der Waals surface area contributed by atoms with E-state index in [0.29, 0.717) is 11.8 Å². The van der Waals surface area contributed by atoms with Gasteiger partial charge < -0.3 is 18.9 Å². The summed E-state index contributed by atoms with van der Waals surface area (Å²) in [5.74, 6) is 1.30. The van der Waals surface area contributed by atoms with Crippen LogP contribution in [0.3, 0.4) is 0 Å². The van der Waals surface area contributed by atoms with Crippen LogP contribution in [0.25, 0.3) is 0 Å². The predicted molar refractivity (Wildman–Crippen MR) is 201 cm³/mol. The third kappa shape index (κ3) is 10.9. The largest absolute Gasteiger partial charge is 0.348 e. The Bertz CT molecular complexity index is 1000. The third-order valence-electron chi connectivity index (χ3n) is 10.7. The quantitative estimate of drug-likeness (QED) is 0.300. The molecule has 47 heavy (non-hydrogen) atoms. The zero-order valence-corrected chi connectivity index (χ0v) is 36.1. The number of hydrogen-bond acceptors (Lipinski definition) is 4. The Morgan fingerprint density at radius 1 is 0.404 bits per heavy atom. The lowest BCUT2D eigenvalue weighted by atomic mass is 9.50. The van der Waals surface area contributed by atoms with E-state index in [0.717, 1.165) is 6.42 Å². The molecule has 0 saturated carbocycles. The van der Waals surface area contributed by atoms with Crippen LogP contribution in [0.2, 0.25) is 0 Å². The van der Waals surface area contributed by atoms with Crippen molar-refractivity contribution in [2.45, 2.75) is 209 Å². The third-order valence-corrected chi connectivity index (χ3v) is 10.7. The molecule has 10 atom stereocenters. The van der Waals surface area contributed by atoms with Crippen molar-refractivity contribution in [3.05, 3.63) is 0 Å². The Labute approximate surface area is 295 Å². The summed E-state index contributed by atoms with van der Waals surface area (Å²) in [5.41, 5.74) is -0.432. The van der Waals surface area contributed by atoms with Gasteiger partial charge in [-0.25, -0.2) is 0 Å². The maximum absolute atomic E-state index is 7.78. The van der Waals surface area contributed by atoms with Crippen molar-refractivity contribution < 1.29 is 18.9 Å². The summed E-state index contributed by atoms with van der Waals surface area (Å²) in [7, 11) is 0. The monoisotopic (exact) mass is 665 g/mol. The lowest BCUT2D eigenvalue weighted by molar-refractivity contribution is -0.376. The molecule has 0 aromatic heterocycles. The Morgan fingerprint density at radius 2 is 0.787 bits per heavy atom. The molecule has 0 amide bonds. The first-order valence-electron chi connectivity index (χ1n) is 19.0. The second-order valence-electron chi connectivity index (χ2n) is 24.4. The van der Waals surface area contributed by atoms with Gasteiger partial charge in [0.2, 0.25) is 0 Å². The topological polar surface area (TPSA) is 36.9 Å². The minimum Gasteiger partial charge on any atom is -0.348 e. The van der Waals surface area contributed by atoms with Crippen LogP contribution in [0, 0.1) is 67.5 Å². The van der Waals surface area contributed by atoms with Gasteiger partial charge in [-0.05, 0) is 76.9 Å². The highest BCUT2D eigenvalue weighted by Crippen LogP contribution is 2.60. The van der Waals surface area contributed by atoms with E-state index in [1.165, 1.54) is 0 Å². The first kappa shape index (κ1) is 43.0. The summed E-state index contributed by atoms with van der Waals surface area (Å²) in [5, 5.41) is 0. The molecule has 10 unspecified atom stereocenters. The molecule has 2 aliphatic rings. The molecule has 4 nitrogen and oxygen atoms in total. The van der Waals surface area contributed by atoms with E-state index in [-0.39, 0.29) is 92.2 Å². The molecule has 2 rings (SSSR count). The maximum Gasteiger partial charge on any atom is 0.162 e. The van der Waals surface area contributed by atoms with Crippen LogP contribution in [0.5, 0.6) is 0 Å². The van der Waals surface area contributed by atoms with E-state index in [9.17, 15) is 0 Å².